The summed E-state index contributed by atoms with van der Waals surface area (Å²) in [5, 5.41) is 13.0. The van der Waals surface area contributed by atoms with Gasteiger partial charge in [0, 0.05) is 16.6 Å². The van der Waals surface area contributed by atoms with Crippen LogP contribution in [0.25, 0.3) is 0 Å². The first-order valence-electron chi connectivity index (χ1n) is 6.92. The van der Waals surface area contributed by atoms with E-state index in [0.717, 1.165) is 15.6 Å². The highest BCUT2D eigenvalue weighted by Crippen LogP contribution is 2.21. The third-order valence-electron chi connectivity index (χ3n) is 3.35. The van der Waals surface area contributed by atoms with Crippen LogP contribution in [0.5, 0.6) is 5.75 Å². The molecule has 1 atom stereocenters. The van der Waals surface area contributed by atoms with Crippen molar-refractivity contribution >= 4 is 21.9 Å². The van der Waals surface area contributed by atoms with Crippen LogP contribution < -0.4 is 5.32 Å². The molecule has 0 spiro atoms. The molecule has 22 heavy (non-hydrogen) atoms. The van der Waals surface area contributed by atoms with Gasteiger partial charge in [-0.1, -0.05) is 46.3 Å². The van der Waals surface area contributed by atoms with Gasteiger partial charge in [0.15, 0.2) is 0 Å². The molecular formula is C17H18BrNO3. The van der Waals surface area contributed by atoms with Crippen molar-refractivity contribution in [2.75, 3.05) is 7.11 Å². The van der Waals surface area contributed by atoms with Crippen LogP contribution in [0.15, 0.2) is 53.0 Å². The first kappa shape index (κ1) is 16.5. The second-order valence-electron chi connectivity index (χ2n) is 4.92. The van der Waals surface area contributed by atoms with Gasteiger partial charge in [-0.2, -0.15) is 0 Å². The van der Waals surface area contributed by atoms with Crippen LogP contribution in [0.1, 0.15) is 11.1 Å². The third-order valence-corrected chi connectivity index (χ3v) is 3.84. The standard InChI is InChI=1S/C17H18BrNO3/c1-22-17(21)15(9-12-5-3-2-4-6-12)19-11-13-10-14(18)7-8-16(13)20/h2-8,10,15,19-20H,9,11H2,1H3/t15-/m0/s1. The van der Waals surface area contributed by atoms with Crippen molar-refractivity contribution in [2.45, 2.75) is 19.0 Å². The summed E-state index contributed by atoms with van der Waals surface area (Å²) in [4.78, 5) is 11.9. The van der Waals surface area contributed by atoms with Crippen molar-refractivity contribution in [3.8, 4) is 5.75 Å². The molecule has 116 valence electrons. The molecule has 0 aliphatic heterocycles. The van der Waals surface area contributed by atoms with Gasteiger partial charge < -0.3 is 9.84 Å². The van der Waals surface area contributed by atoms with Crippen LogP contribution in [0.3, 0.4) is 0 Å². The number of hydrogen-bond acceptors (Lipinski definition) is 4. The first-order valence-corrected chi connectivity index (χ1v) is 7.72. The molecule has 0 aliphatic rings. The van der Waals surface area contributed by atoms with E-state index in [1.165, 1.54) is 7.11 Å². The zero-order valence-electron chi connectivity index (χ0n) is 12.3. The molecule has 0 aromatic heterocycles. The van der Waals surface area contributed by atoms with Gasteiger partial charge in [-0.25, -0.2) is 0 Å². The van der Waals surface area contributed by atoms with Gasteiger partial charge in [-0.15, -0.1) is 0 Å². The minimum Gasteiger partial charge on any atom is -0.508 e. The molecule has 0 amide bonds. The molecule has 0 saturated carbocycles. The van der Waals surface area contributed by atoms with Crippen molar-refractivity contribution < 1.29 is 14.6 Å². The van der Waals surface area contributed by atoms with Crippen LogP contribution >= 0.6 is 15.9 Å². The number of rotatable bonds is 6. The Morgan fingerprint density at radius 1 is 1.27 bits per heavy atom. The Kier molecular flexibility index (Phi) is 5.98. The summed E-state index contributed by atoms with van der Waals surface area (Å²) in [5.74, 6) is -0.127. The van der Waals surface area contributed by atoms with E-state index in [4.69, 9.17) is 4.74 Å². The summed E-state index contributed by atoms with van der Waals surface area (Å²) in [6.07, 6.45) is 0.530. The number of benzene rings is 2. The van der Waals surface area contributed by atoms with Gasteiger partial charge in [0.2, 0.25) is 0 Å². The van der Waals surface area contributed by atoms with Crippen molar-refractivity contribution in [2.24, 2.45) is 0 Å². The molecule has 2 aromatic rings. The smallest absolute Gasteiger partial charge is 0.323 e. The molecule has 0 heterocycles. The number of hydrogen-bond donors (Lipinski definition) is 2. The molecule has 5 heteroatoms. The fourth-order valence-electron chi connectivity index (χ4n) is 2.16. The lowest BCUT2D eigenvalue weighted by molar-refractivity contribution is -0.143. The lowest BCUT2D eigenvalue weighted by atomic mass is 10.1. The Hall–Kier alpha value is -1.85. The highest BCUT2D eigenvalue weighted by atomic mass is 79.9. The molecule has 0 fully saturated rings. The van der Waals surface area contributed by atoms with Crippen LogP contribution in [0.2, 0.25) is 0 Å². The predicted octanol–water partition coefficient (Wildman–Crippen LogP) is 3.03. The zero-order chi connectivity index (χ0) is 15.9. The molecule has 0 aliphatic carbocycles. The lowest BCUT2D eigenvalue weighted by Gasteiger charge is -2.17. The van der Waals surface area contributed by atoms with E-state index in [-0.39, 0.29) is 11.7 Å². The number of ether oxygens (including phenoxy) is 1. The predicted molar refractivity (Wildman–Crippen MR) is 88.6 cm³/mol. The average Bonchev–Trinajstić information content (AvgIpc) is 2.54. The third kappa shape index (κ3) is 4.58. The first-order chi connectivity index (χ1) is 10.6. The topological polar surface area (TPSA) is 58.6 Å². The highest BCUT2D eigenvalue weighted by molar-refractivity contribution is 9.10. The summed E-state index contributed by atoms with van der Waals surface area (Å²) in [6, 6.07) is 14.5. The van der Waals surface area contributed by atoms with Crippen molar-refractivity contribution in [1.82, 2.24) is 5.32 Å². The van der Waals surface area contributed by atoms with Crippen molar-refractivity contribution in [3.05, 3.63) is 64.1 Å². The molecule has 0 bridgehead atoms. The van der Waals surface area contributed by atoms with E-state index in [1.807, 2.05) is 36.4 Å². The SMILES string of the molecule is COC(=O)[C@H](Cc1ccccc1)NCc1cc(Br)ccc1O. The fourth-order valence-corrected chi connectivity index (χ4v) is 2.57. The number of halogens is 1. The summed E-state index contributed by atoms with van der Waals surface area (Å²) in [6.45, 7) is 0.373. The van der Waals surface area contributed by atoms with Crippen LogP contribution in [0, 0.1) is 0 Å². The number of methoxy groups -OCH3 is 1. The zero-order valence-corrected chi connectivity index (χ0v) is 13.8. The van der Waals surface area contributed by atoms with E-state index in [9.17, 15) is 9.90 Å². The van der Waals surface area contributed by atoms with E-state index >= 15 is 0 Å². The molecule has 2 rings (SSSR count). The van der Waals surface area contributed by atoms with E-state index in [1.54, 1.807) is 12.1 Å². The highest BCUT2D eigenvalue weighted by Gasteiger charge is 2.19. The second kappa shape index (κ2) is 7.96. The quantitative estimate of drug-likeness (QED) is 0.774. The summed E-state index contributed by atoms with van der Waals surface area (Å²) >= 11 is 3.37. The Bertz CT molecular complexity index is 631. The minimum absolute atomic E-state index is 0.194. The van der Waals surface area contributed by atoms with Gasteiger partial charge in [0.25, 0.3) is 0 Å². The number of phenolic OH excluding ortho intramolecular Hbond substituents is 1. The van der Waals surface area contributed by atoms with Gasteiger partial charge >= 0.3 is 5.97 Å². The van der Waals surface area contributed by atoms with Crippen LogP contribution in [-0.2, 0) is 22.5 Å². The van der Waals surface area contributed by atoms with Crippen LogP contribution in [-0.4, -0.2) is 24.2 Å². The summed E-state index contributed by atoms with van der Waals surface area (Å²) < 4.78 is 5.73. The fraction of sp³-hybridized carbons (Fsp3) is 0.235. The number of carbonyl (C=O) groups excluding carboxylic acids is 1. The number of esters is 1. The van der Waals surface area contributed by atoms with Crippen LogP contribution in [0.4, 0.5) is 0 Å². The van der Waals surface area contributed by atoms with Gasteiger partial charge in [-0.05, 0) is 30.2 Å². The lowest BCUT2D eigenvalue weighted by Crippen LogP contribution is -2.39. The molecule has 0 radical (unpaired) electrons. The van der Waals surface area contributed by atoms with E-state index in [2.05, 4.69) is 21.2 Å². The van der Waals surface area contributed by atoms with Gasteiger partial charge in [-0.3, -0.25) is 10.1 Å². The normalized spacial score (nSPS) is 11.9. The molecular weight excluding hydrogens is 346 g/mol. The van der Waals surface area contributed by atoms with E-state index < -0.39 is 6.04 Å². The van der Waals surface area contributed by atoms with Crippen molar-refractivity contribution in [1.29, 1.82) is 0 Å². The molecule has 0 saturated heterocycles. The Labute approximate surface area is 138 Å². The maximum Gasteiger partial charge on any atom is 0.323 e. The number of nitrogens with one attached hydrogen (secondary N) is 1. The van der Waals surface area contributed by atoms with Crippen molar-refractivity contribution in [3.63, 3.8) is 0 Å². The Balaban J connectivity index is 2.07. The monoisotopic (exact) mass is 363 g/mol. The maximum atomic E-state index is 11.9. The van der Waals surface area contributed by atoms with Gasteiger partial charge in [0.1, 0.15) is 11.8 Å². The molecule has 4 nitrogen and oxygen atoms in total. The summed E-state index contributed by atoms with van der Waals surface area (Å²) in [7, 11) is 1.37. The summed E-state index contributed by atoms with van der Waals surface area (Å²) in [5.41, 5.74) is 1.76. The molecule has 2 N–H and O–H groups in total. The number of carbonyl (C=O) groups is 1. The Morgan fingerprint density at radius 2 is 2.00 bits per heavy atom. The van der Waals surface area contributed by atoms with E-state index in [0.29, 0.717) is 13.0 Å². The minimum atomic E-state index is -0.467. The molecule has 2 aromatic carbocycles. The molecule has 0 unspecified atom stereocenters. The second-order valence-corrected chi connectivity index (χ2v) is 5.84. The van der Waals surface area contributed by atoms with Gasteiger partial charge in [0.05, 0.1) is 7.11 Å². The Morgan fingerprint density at radius 3 is 2.68 bits per heavy atom. The largest absolute Gasteiger partial charge is 0.508 e. The average molecular weight is 364 g/mol. The number of aromatic hydroxyl groups is 1. The number of phenols is 1. The maximum absolute atomic E-state index is 11.9.